The molecular formula is C14H11BrClN3O3S. The predicted molar refractivity (Wildman–Crippen MR) is 93.2 cm³/mol. The summed E-state index contributed by atoms with van der Waals surface area (Å²) in [5.41, 5.74) is 0.391. The molecule has 0 fully saturated rings. The number of nitrogens with zero attached hydrogens (tertiary/aromatic N) is 3. The first kappa shape index (κ1) is 16.4. The van der Waals surface area contributed by atoms with Crippen molar-refractivity contribution in [1.82, 2.24) is 14.3 Å². The Labute approximate surface area is 147 Å². The van der Waals surface area contributed by atoms with Gasteiger partial charge in [-0.2, -0.15) is 0 Å². The molecule has 6 nitrogen and oxygen atoms in total. The minimum absolute atomic E-state index is 0.0259. The van der Waals surface area contributed by atoms with Crippen LogP contribution in [-0.2, 0) is 13.6 Å². The lowest BCUT2D eigenvalue weighted by molar-refractivity contribution is 0.369. The Morgan fingerprint density at radius 1 is 1.35 bits per heavy atom. The molecule has 2 heterocycles. The van der Waals surface area contributed by atoms with Crippen LogP contribution in [-0.4, -0.2) is 14.3 Å². The van der Waals surface area contributed by atoms with Gasteiger partial charge in [0.15, 0.2) is 5.76 Å². The molecule has 0 spiro atoms. The molecular weight excluding hydrogens is 406 g/mol. The van der Waals surface area contributed by atoms with Crippen molar-refractivity contribution < 1.29 is 4.52 Å². The van der Waals surface area contributed by atoms with Crippen molar-refractivity contribution in [3.8, 4) is 0 Å². The Balaban J connectivity index is 2.31. The van der Waals surface area contributed by atoms with Crippen molar-refractivity contribution in [3.05, 3.63) is 55.0 Å². The summed E-state index contributed by atoms with van der Waals surface area (Å²) in [6, 6.07) is 5.13. The van der Waals surface area contributed by atoms with Crippen LogP contribution in [0.1, 0.15) is 11.5 Å². The van der Waals surface area contributed by atoms with E-state index < -0.39 is 11.2 Å². The number of hydrogen-bond donors (Lipinski definition) is 0. The Bertz CT molecular complexity index is 1020. The molecule has 0 amide bonds. The van der Waals surface area contributed by atoms with E-state index in [-0.39, 0.29) is 6.54 Å². The normalized spacial score (nSPS) is 11.3. The van der Waals surface area contributed by atoms with Crippen molar-refractivity contribution in [3.63, 3.8) is 0 Å². The van der Waals surface area contributed by atoms with Crippen LogP contribution >= 0.6 is 37.6 Å². The van der Waals surface area contributed by atoms with Crippen molar-refractivity contribution >= 4 is 48.5 Å². The van der Waals surface area contributed by atoms with E-state index in [4.69, 9.17) is 15.2 Å². The summed E-state index contributed by atoms with van der Waals surface area (Å²) in [6.45, 7) is 1.80. The highest BCUT2D eigenvalue weighted by atomic mass is 79.9. The van der Waals surface area contributed by atoms with E-state index in [0.29, 0.717) is 31.7 Å². The minimum atomic E-state index is -0.427. The maximum atomic E-state index is 12.7. The van der Waals surface area contributed by atoms with E-state index in [9.17, 15) is 9.59 Å². The number of rotatable bonds is 3. The van der Waals surface area contributed by atoms with Crippen LogP contribution < -0.4 is 11.2 Å². The Morgan fingerprint density at radius 2 is 2.09 bits per heavy atom. The number of fused-ring (bicyclic) bond motifs is 1. The molecule has 0 aliphatic heterocycles. The molecule has 120 valence electrons. The summed E-state index contributed by atoms with van der Waals surface area (Å²) in [4.78, 5) is 26.0. The third kappa shape index (κ3) is 2.86. The number of halogens is 2. The molecule has 0 aliphatic carbocycles. The fourth-order valence-electron chi connectivity index (χ4n) is 2.42. The van der Waals surface area contributed by atoms with Gasteiger partial charge < -0.3 is 4.52 Å². The van der Waals surface area contributed by atoms with Gasteiger partial charge in [0.2, 0.25) is 0 Å². The van der Waals surface area contributed by atoms with Crippen molar-refractivity contribution in [2.75, 3.05) is 0 Å². The van der Waals surface area contributed by atoms with Crippen LogP contribution in [0.4, 0.5) is 0 Å². The maximum absolute atomic E-state index is 12.7. The van der Waals surface area contributed by atoms with Crippen molar-refractivity contribution in [2.45, 2.75) is 18.4 Å². The van der Waals surface area contributed by atoms with Gasteiger partial charge in [0.05, 0.1) is 23.1 Å². The van der Waals surface area contributed by atoms with Crippen LogP contribution in [0.2, 0.25) is 0 Å². The zero-order valence-corrected chi connectivity index (χ0v) is 15.3. The minimum Gasteiger partial charge on any atom is -0.359 e. The van der Waals surface area contributed by atoms with Crippen LogP contribution in [0.3, 0.4) is 0 Å². The standard InChI is InChI=1S/C14H11BrClN3O3S/c1-7-3-8(22-17-7)6-19-13(20)10-4-9(23-16)5-11(15)12(10)18(2)14(19)21/h3-5H,6H2,1-2H3. The summed E-state index contributed by atoms with van der Waals surface area (Å²) in [5.74, 6) is 0.447. The average Bonchev–Trinajstić information content (AvgIpc) is 2.93. The van der Waals surface area contributed by atoms with Crippen molar-refractivity contribution in [1.29, 1.82) is 0 Å². The second-order valence-electron chi connectivity index (χ2n) is 5.05. The summed E-state index contributed by atoms with van der Waals surface area (Å²) in [7, 11) is 8.41. The molecule has 0 bridgehead atoms. The second-order valence-corrected chi connectivity index (χ2v) is 6.99. The quantitative estimate of drug-likeness (QED) is 0.656. The smallest absolute Gasteiger partial charge is 0.331 e. The topological polar surface area (TPSA) is 70.0 Å². The number of benzene rings is 1. The van der Waals surface area contributed by atoms with Crippen LogP contribution in [0.5, 0.6) is 0 Å². The lowest BCUT2D eigenvalue weighted by Crippen LogP contribution is -2.39. The molecule has 2 aromatic heterocycles. The third-order valence-corrected chi connectivity index (χ3v) is 5.00. The highest BCUT2D eigenvalue weighted by Crippen LogP contribution is 2.30. The van der Waals surface area contributed by atoms with E-state index in [1.807, 2.05) is 0 Å². The summed E-state index contributed by atoms with van der Waals surface area (Å²) in [6.07, 6.45) is 0. The molecule has 23 heavy (non-hydrogen) atoms. The average molecular weight is 417 g/mol. The van der Waals surface area contributed by atoms with Gasteiger partial charge in [0.25, 0.3) is 5.56 Å². The highest BCUT2D eigenvalue weighted by molar-refractivity contribution is 9.10. The Kier molecular flexibility index (Phi) is 4.39. The molecule has 0 atom stereocenters. The molecule has 0 N–H and O–H groups in total. The first-order valence-electron chi connectivity index (χ1n) is 6.56. The van der Waals surface area contributed by atoms with Gasteiger partial charge in [-0.25, -0.2) is 4.79 Å². The molecule has 3 aromatic rings. The first-order chi connectivity index (χ1) is 10.9. The van der Waals surface area contributed by atoms with Gasteiger partial charge in [0, 0.05) is 22.5 Å². The second kappa shape index (κ2) is 6.18. The molecule has 0 radical (unpaired) electrons. The Hall–Kier alpha value is -1.51. The monoisotopic (exact) mass is 415 g/mol. The highest BCUT2D eigenvalue weighted by Gasteiger charge is 2.16. The van der Waals surface area contributed by atoms with E-state index >= 15 is 0 Å². The zero-order valence-electron chi connectivity index (χ0n) is 12.2. The van der Waals surface area contributed by atoms with Crippen molar-refractivity contribution in [2.24, 2.45) is 7.05 Å². The fourth-order valence-corrected chi connectivity index (χ4v) is 3.89. The lowest BCUT2D eigenvalue weighted by atomic mass is 10.2. The van der Waals surface area contributed by atoms with Crippen LogP contribution in [0.15, 0.2) is 41.7 Å². The maximum Gasteiger partial charge on any atom is 0.331 e. The van der Waals surface area contributed by atoms with Gasteiger partial charge in [-0.3, -0.25) is 13.9 Å². The molecule has 9 heteroatoms. The number of hydrogen-bond acceptors (Lipinski definition) is 5. The largest absolute Gasteiger partial charge is 0.359 e. The van der Waals surface area contributed by atoms with E-state index in [0.717, 1.165) is 15.5 Å². The van der Waals surface area contributed by atoms with Gasteiger partial charge in [-0.05, 0) is 56.6 Å². The summed E-state index contributed by atoms with van der Waals surface area (Å²) in [5, 5.41) is 4.17. The van der Waals surface area contributed by atoms with Gasteiger partial charge >= 0.3 is 5.69 Å². The Morgan fingerprint density at radius 3 is 2.70 bits per heavy atom. The van der Waals surface area contributed by atoms with Gasteiger partial charge in [0.1, 0.15) is 0 Å². The number of aryl methyl sites for hydroxylation is 2. The summed E-state index contributed by atoms with van der Waals surface area (Å²) < 4.78 is 8.29. The zero-order chi connectivity index (χ0) is 16.7. The third-order valence-electron chi connectivity index (χ3n) is 3.45. The first-order valence-corrected chi connectivity index (χ1v) is 9.00. The molecule has 3 rings (SSSR count). The SMILES string of the molecule is Cc1cc(Cn2c(=O)c3cc(SCl)cc(Br)c3n(C)c2=O)on1. The van der Waals surface area contributed by atoms with E-state index in [1.54, 1.807) is 32.2 Å². The molecule has 0 aliphatic rings. The van der Waals surface area contributed by atoms with Crippen LogP contribution in [0, 0.1) is 6.92 Å². The van der Waals surface area contributed by atoms with Gasteiger partial charge in [-0.15, -0.1) is 0 Å². The van der Waals surface area contributed by atoms with Crippen LogP contribution in [0.25, 0.3) is 10.9 Å². The number of aromatic nitrogens is 3. The summed E-state index contributed by atoms with van der Waals surface area (Å²) >= 11 is 3.39. The molecule has 0 saturated heterocycles. The fraction of sp³-hybridized carbons (Fsp3) is 0.214. The lowest BCUT2D eigenvalue weighted by Gasteiger charge is -2.11. The predicted octanol–water partition coefficient (Wildman–Crippen LogP) is 3.05. The molecule has 0 unspecified atom stereocenters. The van der Waals surface area contributed by atoms with E-state index in [2.05, 4.69) is 21.1 Å². The molecule has 0 saturated carbocycles. The van der Waals surface area contributed by atoms with Gasteiger partial charge in [-0.1, -0.05) is 5.16 Å². The molecule has 1 aromatic carbocycles. The van der Waals surface area contributed by atoms with E-state index in [1.165, 1.54) is 4.57 Å².